The molecule has 0 aromatic carbocycles. The van der Waals surface area contributed by atoms with Gasteiger partial charge in [0.05, 0.1) is 0 Å². The van der Waals surface area contributed by atoms with E-state index in [-0.39, 0.29) is 0 Å². The Morgan fingerprint density at radius 1 is 0.909 bits per heavy atom. The smallest absolute Gasteiger partial charge is 0.00750 e. The van der Waals surface area contributed by atoms with Gasteiger partial charge in [0.1, 0.15) is 0 Å². The van der Waals surface area contributed by atoms with Gasteiger partial charge in [-0.1, -0.05) is 26.7 Å². The predicted octanol–water partition coefficient (Wildman–Crippen LogP) is 0.300. The molecule has 0 saturated heterocycles. The van der Waals surface area contributed by atoms with E-state index in [1.54, 1.807) is 0 Å². The van der Waals surface area contributed by atoms with Crippen LogP contribution in [0.25, 0.3) is 0 Å². The van der Waals surface area contributed by atoms with Gasteiger partial charge < -0.3 is 16.8 Å². The van der Waals surface area contributed by atoms with E-state index in [2.05, 4.69) is 19.2 Å². The van der Waals surface area contributed by atoms with Crippen molar-refractivity contribution in [2.45, 2.75) is 26.7 Å². The Kier molecular flexibility index (Phi) is 20.2. The molecule has 0 amide bonds. The van der Waals surface area contributed by atoms with Crippen LogP contribution >= 0.6 is 0 Å². The summed E-state index contributed by atoms with van der Waals surface area (Å²) >= 11 is 0. The fourth-order valence-corrected chi connectivity index (χ4v) is 0.329. The third-order valence-corrected chi connectivity index (χ3v) is 1.14. The lowest BCUT2D eigenvalue weighted by Crippen LogP contribution is -2.27. The Balaban J connectivity index is 0. The number of hydrogen-bond donors (Lipinski definition) is 3. The lowest BCUT2D eigenvalue weighted by molar-refractivity contribution is 0.696. The van der Waals surface area contributed by atoms with E-state index >= 15 is 0 Å². The number of hydrogen-bond acceptors (Lipinski definition) is 3. The van der Waals surface area contributed by atoms with E-state index < -0.39 is 0 Å². The summed E-state index contributed by atoms with van der Waals surface area (Å²) in [5.74, 6) is 0. The molecule has 0 aromatic rings. The minimum atomic E-state index is 0.694. The van der Waals surface area contributed by atoms with E-state index in [0.717, 1.165) is 13.1 Å². The van der Waals surface area contributed by atoms with Crippen LogP contribution in [0.1, 0.15) is 26.7 Å². The second-order valence-electron chi connectivity index (χ2n) is 2.33. The number of unbranched alkanes of at least 4 members (excludes halogenated alkanes) is 1. The van der Waals surface area contributed by atoms with Crippen LogP contribution in [0.2, 0.25) is 0 Å². The van der Waals surface area contributed by atoms with Crippen LogP contribution in [0, 0.1) is 0 Å². The monoisotopic (exact) mass is 161 g/mol. The Labute approximate surface area is 70.5 Å². The van der Waals surface area contributed by atoms with Gasteiger partial charge in [0.25, 0.3) is 0 Å². The molecule has 0 bridgehead atoms. The Bertz CT molecular complexity index is 42.6. The summed E-state index contributed by atoms with van der Waals surface area (Å²) in [5, 5.41) is 3.03. The van der Waals surface area contributed by atoms with E-state index in [1.807, 2.05) is 0 Å². The Morgan fingerprint density at radius 2 is 1.27 bits per heavy atom. The molecule has 0 rings (SSSR count). The van der Waals surface area contributed by atoms with Crippen molar-refractivity contribution >= 4 is 0 Å². The highest BCUT2D eigenvalue weighted by atomic mass is 14.9. The normalized spacial score (nSPS) is 8.73. The first kappa shape index (κ1) is 13.5. The van der Waals surface area contributed by atoms with Gasteiger partial charge in [-0.25, -0.2) is 0 Å². The van der Waals surface area contributed by atoms with Crippen LogP contribution in [-0.4, -0.2) is 26.2 Å². The van der Waals surface area contributed by atoms with E-state index in [9.17, 15) is 0 Å². The van der Waals surface area contributed by atoms with Crippen LogP contribution in [0.15, 0.2) is 0 Å². The van der Waals surface area contributed by atoms with E-state index in [0.29, 0.717) is 13.1 Å². The molecule has 0 aromatic heterocycles. The zero-order valence-corrected chi connectivity index (χ0v) is 7.90. The molecule has 70 valence electrons. The molecule has 0 aliphatic carbocycles. The minimum absolute atomic E-state index is 0.694. The van der Waals surface area contributed by atoms with Gasteiger partial charge in [0, 0.05) is 26.2 Å². The first-order valence-corrected chi connectivity index (χ1v) is 4.44. The first-order chi connectivity index (χ1) is 5.33. The largest absolute Gasteiger partial charge is 0.329 e. The Morgan fingerprint density at radius 3 is 1.45 bits per heavy atom. The third-order valence-electron chi connectivity index (χ3n) is 1.14. The molecule has 0 unspecified atom stereocenters. The van der Waals surface area contributed by atoms with Crippen LogP contribution in [0.5, 0.6) is 0 Å². The van der Waals surface area contributed by atoms with Crippen molar-refractivity contribution in [1.29, 1.82) is 0 Å². The molecule has 0 aliphatic heterocycles. The fraction of sp³-hybridized carbons (Fsp3) is 1.00. The van der Waals surface area contributed by atoms with Gasteiger partial charge >= 0.3 is 0 Å². The molecule has 3 nitrogen and oxygen atoms in total. The van der Waals surface area contributed by atoms with Crippen molar-refractivity contribution in [2.24, 2.45) is 11.5 Å². The predicted molar refractivity (Wildman–Crippen MR) is 51.6 cm³/mol. The molecule has 0 saturated carbocycles. The molecule has 11 heavy (non-hydrogen) atoms. The highest BCUT2D eigenvalue weighted by molar-refractivity contribution is 4.45. The highest BCUT2D eigenvalue weighted by Gasteiger charge is 1.76. The van der Waals surface area contributed by atoms with Crippen molar-refractivity contribution < 1.29 is 0 Å². The van der Waals surface area contributed by atoms with Gasteiger partial charge in [-0.2, -0.15) is 0 Å². The van der Waals surface area contributed by atoms with Crippen LogP contribution in [0.3, 0.4) is 0 Å². The summed E-state index contributed by atoms with van der Waals surface area (Å²) in [6, 6.07) is 0. The van der Waals surface area contributed by atoms with Crippen molar-refractivity contribution in [1.82, 2.24) is 5.32 Å². The standard InChI is InChI=1S/C4H13N3.C4H10/c5-1-3-7-4-2-6;1-3-4-2/h7H,1-6H2;3-4H2,1-2H3. The van der Waals surface area contributed by atoms with Crippen LogP contribution in [-0.2, 0) is 0 Å². The average molecular weight is 161 g/mol. The zero-order valence-electron chi connectivity index (χ0n) is 7.90. The number of nitrogens with two attached hydrogens (primary N) is 2. The highest BCUT2D eigenvalue weighted by Crippen LogP contribution is 1.76. The summed E-state index contributed by atoms with van der Waals surface area (Å²) in [4.78, 5) is 0. The third kappa shape index (κ3) is 25.8. The van der Waals surface area contributed by atoms with Crippen molar-refractivity contribution in [2.75, 3.05) is 26.2 Å². The number of nitrogens with one attached hydrogen (secondary N) is 1. The fourth-order valence-electron chi connectivity index (χ4n) is 0.329. The molecule has 5 N–H and O–H groups in total. The molecule has 0 heterocycles. The second-order valence-corrected chi connectivity index (χ2v) is 2.33. The summed E-state index contributed by atoms with van der Waals surface area (Å²) < 4.78 is 0. The summed E-state index contributed by atoms with van der Waals surface area (Å²) in [5.41, 5.74) is 10.3. The molecular weight excluding hydrogens is 138 g/mol. The van der Waals surface area contributed by atoms with Crippen molar-refractivity contribution in [3.63, 3.8) is 0 Å². The van der Waals surface area contributed by atoms with Gasteiger partial charge in [0.15, 0.2) is 0 Å². The summed E-state index contributed by atoms with van der Waals surface area (Å²) in [6.45, 7) is 7.49. The van der Waals surface area contributed by atoms with Gasteiger partial charge in [-0.05, 0) is 0 Å². The lowest BCUT2D eigenvalue weighted by Gasteiger charge is -1.95. The van der Waals surface area contributed by atoms with E-state index in [4.69, 9.17) is 11.5 Å². The molecular formula is C8H23N3. The molecule has 0 spiro atoms. The first-order valence-electron chi connectivity index (χ1n) is 4.44. The molecule has 0 atom stereocenters. The maximum Gasteiger partial charge on any atom is 0.00750 e. The topological polar surface area (TPSA) is 64.1 Å². The maximum absolute atomic E-state index is 5.17. The molecule has 0 aliphatic rings. The van der Waals surface area contributed by atoms with Gasteiger partial charge in [-0.15, -0.1) is 0 Å². The average Bonchev–Trinajstić information content (AvgIpc) is 2.06. The van der Waals surface area contributed by atoms with Crippen molar-refractivity contribution in [3.8, 4) is 0 Å². The SMILES string of the molecule is CCCC.NCCNCCN. The van der Waals surface area contributed by atoms with Gasteiger partial charge in [0.2, 0.25) is 0 Å². The maximum atomic E-state index is 5.17. The van der Waals surface area contributed by atoms with E-state index in [1.165, 1.54) is 12.8 Å². The van der Waals surface area contributed by atoms with Crippen LogP contribution < -0.4 is 16.8 Å². The lowest BCUT2D eigenvalue weighted by atomic mass is 10.4. The van der Waals surface area contributed by atoms with Crippen molar-refractivity contribution in [3.05, 3.63) is 0 Å². The zero-order chi connectivity index (χ0) is 8.95. The van der Waals surface area contributed by atoms with Gasteiger partial charge in [-0.3, -0.25) is 0 Å². The molecule has 0 radical (unpaired) electrons. The number of rotatable bonds is 5. The summed E-state index contributed by atoms with van der Waals surface area (Å²) in [6.07, 6.45) is 2.64. The minimum Gasteiger partial charge on any atom is -0.329 e. The second kappa shape index (κ2) is 16.5. The quantitative estimate of drug-likeness (QED) is 0.508. The summed E-state index contributed by atoms with van der Waals surface area (Å²) in [7, 11) is 0. The Hall–Kier alpha value is -0.120. The molecule has 3 heteroatoms. The molecule has 0 fully saturated rings. The van der Waals surface area contributed by atoms with Crippen LogP contribution in [0.4, 0.5) is 0 Å².